The standard InChI is InChI=1S/C25H17ClFN3OS/c26-18-5-1-16(2-6-18)13-31-21-11-9-20(10-12-21)30-24-23-22(14-32-25(23)29-15-28-24)17-3-7-19(27)8-4-17/h1-12,14-15H,13H2,(H,28,29,30). The normalized spacial score (nSPS) is 10.9. The van der Waals surface area contributed by atoms with E-state index in [1.165, 1.54) is 23.5 Å². The van der Waals surface area contributed by atoms with Crippen molar-refractivity contribution in [3.8, 4) is 16.9 Å². The van der Waals surface area contributed by atoms with Crippen molar-refractivity contribution >= 4 is 44.7 Å². The van der Waals surface area contributed by atoms with Gasteiger partial charge in [0, 0.05) is 21.7 Å². The van der Waals surface area contributed by atoms with Crippen molar-refractivity contribution in [1.29, 1.82) is 0 Å². The number of aromatic nitrogens is 2. The zero-order chi connectivity index (χ0) is 21.9. The number of fused-ring (bicyclic) bond motifs is 1. The van der Waals surface area contributed by atoms with Crippen LogP contribution < -0.4 is 10.1 Å². The number of nitrogens with zero attached hydrogens (tertiary/aromatic N) is 2. The molecule has 158 valence electrons. The molecule has 2 heterocycles. The molecule has 0 bridgehead atoms. The number of hydrogen-bond donors (Lipinski definition) is 1. The molecule has 0 aliphatic rings. The van der Waals surface area contributed by atoms with Gasteiger partial charge in [-0.05, 0) is 59.7 Å². The van der Waals surface area contributed by atoms with Crippen LogP contribution in [0, 0.1) is 5.82 Å². The Morgan fingerprint density at radius 3 is 2.41 bits per heavy atom. The van der Waals surface area contributed by atoms with Crippen LogP contribution in [0.25, 0.3) is 21.3 Å². The van der Waals surface area contributed by atoms with Crippen LogP contribution in [0.5, 0.6) is 5.75 Å². The summed E-state index contributed by atoms with van der Waals surface area (Å²) in [5.41, 5.74) is 3.81. The number of thiophene rings is 1. The van der Waals surface area contributed by atoms with Gasteiger partial charge in [0.2, 0.25) is 0 Å². The van der Waals surface area contributed by atoms with Gasteiger partial charge in [-0.2, -0.15) is 0 Å². The Labute approximate surface area is 193 Å². The molecule has 0 saturated carbocycles. The summed E-state index contributed by atoms with van der Waals surface area (Å²) in [4.78, 5) is 9.70. The predicted molar refractivity (Wildman–Crippen MR) is 128 cm³/mol. The fraction of sp³-hybridized carbons (Fsp3) is 0.0400. The van der Waals surface area contributed by atoms with Crippen LogP contribution in [0.15, 0.2) is 84.5 Å². The van der Waals surface area contributed by atoms with Gasteiger partial charge in [-0.1, -0.05) is 35.9 Å². The molecule has 5 rings (SSSR count). The van der Waals surface area contributed by atoms with Crippen molar-refractivity contribution < 1.29 is 9.13 Å². The molecule has 1 N–H and O–H groups in total. The van der Waals surface area contributed by atoms with Crippen molar-refractivity contribution in [2.75, 3.05) is 5.32 Å². The second kappa shape index (κ2) is 8.94. The lowest BCUT2D eigenvalue weighted by atomic mass is 10.1. The molecule has 32 heavy (non-hydrogen) atoms. The third kappa shape index (κ3) is 4.42. The number of anilines is 2. The molecule has 0 radical (unpaired) electrons. The molecule has 0 aliphatic carbocycles. The molecule has 0 amide bonds. The highest BCUT2D eigenvalue weighted by molar-refractivity contribution is 7.17. The molecule has 0 fully saturated rings. The van der Waals surface area contributed by atoms with E-state index in [2.05, 4.69) is 15.3 Å². The first-order chi connectivity index (χ1) is 15.7. The smallest absolute Gasteiger partial charge is 0.143 e. The van der Waals surface area contributed by atoms with Gasteiger partial charge in [-0.25, -0.2) is 14.4 Å². The van der Waals surface area contributed by atoms with Crippen molar-refractivity contribution in [2.45, 2.75) is 6.61 Å². The van der Waals surface area contributed by atoms with E-state index >= 15 is 0 Å². The van der Waals surface area contributed by atoms with Crippen LogP contribution in [-0.2, 0) is 6.61 Å². The number of ether oxygens (including phenoxy) is 1. The van der Waals surface area contributed by atoms with E-state index in [1.807, 2.05) is 53.9 Å². The summed E-state index contributed by atoms with van der Waals surface area (Å²) in [6, 6.07) is 21.7. The zero-order valence-corrected chi connectivity index (χ0v) is 18.3. The highest BCUT2D eigenvalue weighted by Crippen LogP contribution is 2.37. The van der Waals surface area contributed by atoms with Gasteiger partial charge >= 0.3 is 0 Å². The van der Waals surface area contributed by atoms with E-state index in [4.69, 9.17) is 16.3 Å². The van der Waals surface area contributed by atoms with Gasteiger partial charge in [0.15, 0.2) is 0 Å². The van der Waals surface area contributed by atoms with Crippen LogP contribution in [0.4, 0.5) is 15.9 Å². The van der Waals surface area contributed by atoms with Crippen LogP contribution in [0.1, 0.15) is 5.56 Å². The van der Waals surface area contributed by atoms with E-state index in [0.717, 1.165) is 38.3 Å². The van der Waals surface area contributed by atoms with Gasteiger partial charge < -0.3 is 10.1 Å². The second-order valence-electron chi connectivity index (χ2n) is 7.12. The average Bonchev–Trinajstić information content (AvgIpc) is 3.25. The van der Waals surface area contributed by atoms with Gasteiger partial charge in [0.1, 0.15) is 35.1 Å². The Hall–Kier alpha value is -3.48. The number of nitrogens with one attached hydrogen (secondary N) is 1. The molecular formula is C25H17ClFN3OS. The largest absolute Gasteiger partial charge is 0.489 e. The molecule has 0 aliphatic heterocycles. The van der Waals surface area contributed by atoms with Crippen molar-refractivity contribution in [3.05, 3.63) is 101 Å². The molecule has 3 aromatic carbocycles. The van der Waals surface area contributed by atoms with E-state index in [1.54, 1.807) is 18.5 Å². The number of benzene rings is 3. The average molecular weight is 462 g/mol. The third-order valence-electron chi connectivity index (χ3n) is 4.96. The summed E-state index contributed by atoms with van der Waals surface area (Å²) in [7, 11) is 0. The minimum absolute atomic E-state index is 0.263. The lowest BCUT2D eigenvalue weighted by molar-refractivity contribution is 0.306. The van der Waals surface area contributed by atoms with Crippen LogP contribution in [0.3, 0.4) is 0 Å². The van der Waals surface area contributed by atoms with Crippen molar-refractivity contribution in [1.82, 2.24) is 9.97 Å². The summed E-state index contributed by atoms with van der Waals surface area (Å²) < 4.78 is 19.2. The molecule has 4 nitrogen and oxygen atoms in total. The zero-order valence-electron chi connectivity index (χ0n) is 16.8. The Bertz CT molecular complexity index is 1350. The molecular weight excluding hydrogens is 445 g/mol. The molecule has 0 saturated heterocycles. The molecule has 0 atom stereocenters. The molecule has 5 aromatic rings. The molecule has 2 aromatic heterocycles. The minimum Gasteiger partial charge on any atom is -0.489 e. The van der Waals surface area contributed by atoms with E-state index < -0.39 is 0 Å². The highest BCUT2D eigenvalue weighted by Gasteiger charge is 2.13. The second-order valence-corrected chi connectivity index (χ2v) is 8.42. The summed E-state index contributed by atoms with van der Waals surface area (Å²) in [6.45, 7) is 0.465. The predicted octanol–water partition coefficient (Wildman–Crippen LogP) is 7.47. The molecule has 0 unspecified atom stereocenters. The first kappa shape index (κ1) is 20.4. The first-order valence-corrected chi connectivity index (χ1v) is 11.1. The third-order valence-corrected chi connectivity index (χ3v) is 6.10. The maximum Gasteiger partial charge on any atom is 0.143 e. The Morgan fingerprint density at radius 2 is 1.66 bits per heavy atom. The maximum atomic E-state index is 13.4. The van der Waals surface area contributed by atoms with Crippen LogP contribution >= 0.6 is 22.9 Å². The van der Waals surface area contributed by atoms with Crippen LogP contribution in [0.2, 0.25) is 5.02 Å². The summed E-state index contributed by atoms with van der Waals surface area (Å²) in [5.74, 6) is 1.20. The van der Waals surface area contributed by atoms with Crippen LogP contribution in [-0.4, -0.2) is 9.97 Å². The topological polar surface area (TPSA) is 47.0 Å². The molecule has 7 heteroatoms. The van der Waals surface area contributed by atoms with Gasteiger partial charge in [0.25, 0.3) is 0 Å². The van der Waals surface area contributed by atoms with E-state index in [0.29, 0.717) is 17.4 Å². The van der Waals surface area contributed by atoms with Gasteiger partial charge in [0.05, 0.1) is 5.39 Å². The summed E-state index contributed by atoms with van der Waals surface area (Å²) >= 11 is 7.45. The summed E-state index contributed by atoms with van der Waals surface area (Å²) in [5, 5.41) is 7.01. The maximum absolute atomic E-state index is 13.4. The minimum atomic E-state index is -0.263. The number of rotatable bonds is 6. The number of halogens is 2. The molecule has 0 spiro atoms. The quantitative estimate of drug-likeness (QED) is 0.285. The fourth-order valence-electron chi connectivity index (χ4n) is 3.33. The van der Waals surface area contributed by atoms with Gasteiger partial charge in [-0.3, -0.25) is 0 Å². The van der Waals surface area contributed by atoms with Crippen molar-refractivity contribution in [3.63, 3.8) is 0 Å². The SMILES string of the molecule is Fc1ccc(-c2csc3ncnc(Nc4ccc(OCc5ccc(Cl)cc5)cc4)c23)cc1. The lowest BCUT2D eigenvalue weighted by Crippen LogP contribution is -1.97. The Kier molecular flexibility index (Phi) is 5.71. The fourth-order valence-corrected chi connectivity index (χ4v) is 4.37. The first-order valence-electron chi connectivity index (χ1n) is 9.88. The van der Waals surface area contributed by atoms with Gasteiger partial charge in [-0.15, -0.1) is 11.3 Å². The van der Waals surface area contributed by atoms with E-state index in [-0.39, 0.29) is 5.82 Å². The monoisotopic (exact) mass is 461 g/mol. The Balaban J connectivity index is 1.35. The lowest BCUT2D eigenvalue weighted by Gasteiger charge is -2.10. The summed E-state index contributed by atoms with van der Waals surface area (Å²) in [6.07, 6.45) is 1.54. The van der Waals surface area contributed by atoms with E-state index in [9.17, 15) is 4.39 Å². The Morgan fingerprint density at radius 1 is 0.906 bits per heavy atom. The highest BCUT2D eigenvalue weighted by atomic mass is 35.5. The van der Waals surface area contributed by atoms with Crippen molar-refractivity contribution in [2.24, 2.45) is 0 Å². The number of hydrogen-bond acceptors (Lipinski definition) is 5.